The van der Waals surface area contributed by atoms with Crippen LogP contribution in [0.3, 0.4) is 0 Å². The molecule has 5 nitrogen and oxygen atoms in total. The second kappa shape index (κ2) is 5.01. The average Bonchev–Trinajstić information content (AvgIpc) is 2.36. The van der Waals surface area contributed by atoms with Gasteiger partial charge in [-0.25, -0.2) is 10.8 Å². The van der Waals surface area contributed by atoms with E-state index in [1.807, 2.05) is 6.92 Å². The topological polar surface area (TPSA) is 75.9 Å². The molecule has 0 aliphatic rings. The molecule has 2 rings (SSSR count). The molecule has 5 heteroatoms. The zero-order chi connectivity index (χ0) is 13.1. The van der Waals surface area contributed by atoms with Crippen LogP contribution < -0.4 is 16.6 Å². The molecule has 0 saturated carbocycles. The fourth-order valence-electron chi connectivity index (χ4n) is 1.64. The van der Waals surface area contributed by atoms with E-state index in [1.54, 1.807) is 6.20 Å². The van der Waals surface area contributed by atoms with Crippen LogP contribution in [0.4, 0.5) is 17.5 Å². The summed E-state index contributed by atoms with van der Waals surface area (Å²) in [4.78, 5) is 8.35. The number of hydrogen-bond donors (Lipinski definition) is 3. The Bertz CT molecular complexity index is 565. The first-order valence-corrected chi connectivity index (χ1v) is 5.74. The summed E-state index contributed by atoms with van der Waals surface area (Å²) >= 11 is 0. The van der Waals surface area contributed by atoms with Gasteiger partial charge < -0.3 is 5.32 Å². The molecule has 0 atom stereocenters. The third-order valence-electron chi connectivity index (χ3n) is 2.75. The molecule has 0 saturated heterocycles. The first kappa shape index (κ1) is 12.3. The largest absolute Gasteiger partial charge is 0.340 e. The predicted octanol–water partition coefficient (Wildman–Crippen LogP) is 2.43. The van der Waals surface area contributed by atoms with Gasteiger partial charge in [0.05, 0.1) is 0 Å². The van der Waals surface area contributed by atoms with Gasteiger partial charge in [-0.3, -0.25) is 5.43 Å². The second-order valence-corrected chi connectivity index (χ2v) is 4.31. The highest BCUT2D eigenvalue weighted by Gasteiger charge is 2.05. The lowest BCUT2D eigenvalue weighted by Gasteiger charge is -2.12. The number of anilines is 3. The minimum atomic E-state index is 0.397. The van der Waals surface area contributed by atoms with Crippen LogP contribution in [-0.4, -0.2) is 9.97 Å². The predicted molar refractivity (Wildman–Crippen MR) is 73.8 cm³/mol. The molecule has 0 radical (unpaired) electrons. The van der Waals surface area contributed by atoms with Gasteiger partial charge in [0, 0.05) is 17.4 Å². The molecule has 0 bridgehead atoms. The maximum atomic E-state index is 5.31. The van der Waals surface area contributed by atoms with Crippen LogP contribution in [-0.2, 0) is 0 Å². The molecule has 0 fully saturated rings. The second-order valence-electron chi connectivity index (χ2n) is 4.31. The summed E-state index contributed by atoms with van der Waals surface area (Å²) in [5, 5.41) is 3.31. The Kier molecular flexibility index (Phi) is 3.43. The number of hydrogen-bond acceptors (Lipinski definition) is 5. The smallest absolute Gasteiger partial charge is 0.239 e. The summed E-state index contributed by atoms with van der Waals surface area (Å²) in [5.41, 5.74) is 6.82. The van der Waals surface area contributed by atoms with Crippen LogP contribution in [0.25, 0.3) is 0 Å². The van der Waals surface area contributed by atoms with E-state index >= 15 is 0 Å². The molecule has 94 valence electrons. The summed E-state index contributed by atoms with van der Waals surface area (Å²) in [6.07, 6.45) is 1.73. The van der Waals surface area contributed by atoms with Crippen molar-refractivity contribution in [3.05, 3.63) is 41.1 Å². The summed E-state index contributed by atoms with van der Waals surface area (Å²) in [7, 11) is 0. The third-order valence-corrected chi connectivity index (χ3v) is 2.75. The van der Waals surface area contributed by atoms with Crippen molar-refractivity contribution in [2.24, 2.45) is 5.84 Å². The number of nitrogens with zero attached hydrogens (tertiary/aromatic N) is 2. The van der Waals surface area contributed by atoms with Crippen molar-refractivity contribution >= 4 is 17.5 Å². The summed E-state index contributed by atoms with van der Waals surface area (Å²) in [6.45, 7) is 6.07. The van der Waals surface area contributed by atoms with Gasteiger partial charge in [0.1, 0.15) is 5.82 Å². The monoisotopic (exact) mass is 243 g/mol. The van der Waals surface area contributed by atoms with E-state index < -0.39 is 0 Å². The normalized spacial score (nSPS) is 10.2. The highest BCUT2D eigenvalue weighted by molar-refractivity contribution is 5.63. The van der Waals surface area contributed by atoms with Crippen molar-refractivity contribution in [2.75, 3.05) is 10.7 Å². The Balaban J connectivity index is 2.36. The third kappa shape index (κ3) is 2.57. The van der Waals surface area contributed by atoms with Crippen LogP contribution in [0.2, 0.25) is 0 Å². The van der Waals surface area contributed by atoms with E-state index in [0.29, 0.717) is 5.95 Å². The van der Waals surface area contributed by atoms with Gasteiger partial charge in [0.25, 0.3) is 0 Å². The number of nitrogen functional groups attached to an aromatic ring is 1. The standard InChI is InChI=1S/C13H17N5/c1-8-4-5-9(2)11(6-8)16-12-10(3)7-15-13(17-12)18-14/h4-7H,14H2,1-3H3,(H2,15,16,17,18). The number of nitrogens with one attached hydrogen (secondary N) is 2. The van der Waals surface area contributed by atoms with E-state index in [1.165, 1.54) is 11.1 Å². The SMILES string of the molecule is Cc1ccc(C)c(Nc2nc(NN)ncc2C)c1. The fourth-order valence-corrected chi connectivity index (χ4v) is 1.64. The minimum absolute atomic E-state index is 0.397. The van der Waals surface area contributed by atoms with E-state index in [0.717, 1.165) is 17.1 Å². The Morgan fingerprint density at radius 3 is 2.61 bits per heavy atom. The highest BCUT2D eigenvalue weighted by Crippen LogP contribution is 2.22. The average molecular weight is 243 g/mol. The molecule has 1 aromatic heterocycles. The van der Waals surface area contributed by atoms with Gasteiger partial charge >= 0.3 is 0 Å². The molecule has 0 aliphatic carbocycles. The van der Waals surface area contributed by atoms with Crippen molar-refractivity contribution in [3.8, 4) is 0 Å². The van der Waals surface area contributed by atoms with Crippen LogP contribution in [0, 0.1) is 20.8 Å². The molecule has 0 amide bonds. The number of benzene rings is 1. The Hall–Kier alpha value is -2.14. The van der Waals surface area contributed by atoms with Crippen molar-refractivity contribution < 1.29 is 0 Å². The molecule has 0 spiro atoms. The molecule has 1 heterocycles. The lowest BCUT2D eigenvalue weighted by molar-refractivity contribution is 1.09. The number of rotatable bonds is 3. The maximum Gasteiger partial charge on any atom is 0.239 e. The molecule has 1 aromatic carbocycles. The first-order chi connectivity index (χ1) is 8.60. The van der Waals surface area contributed by atoms with Gasteiger partial charge in [-0.15, -0.1) is 0 Å². The summed E-state index contributed by atoms with van der Waals surface area (Å²) < 4.78 is 0. The minimum Gasteiger partial charge on any atom is -0.340 e. The lowest BCUT2D eigenvalue weighted by atomic mass is 10.1. The molecule has 18 heavy (non-hydrogen) atoms. The summed E-state index contributed by atoms with van der Waals surface area (Å²) in [6, 6.07) is 6.25. The van der Waals surface area contributed by atoms with Crippen molar-refractivity contribution in [1.82, 2.24) is 9.97 Å². The number of nitrogens with two attached hydrogens (primary N) is 1. The molecule has 0 aliphatic heterocycles. The Labute approximate surface area is 106 Å². The first-order valence-electron chi connectivity index (χ1n) is 5.74. The van der Waals surface area contributed by atoms with E-state index in [9.17, 15) is 0 Å². The van der Waals surface area contributed by atoms with Crippen LogP contribution in [0.5, 0.6) is 0 Å². The van der Waals surface area contributed by atoms with Gasteiger partial charge in [0.2, 0.25) is 5.95 Å². The van der Waals surface area contributed by atoms with Crippen LogP contribution in [0.1, 0.15) is 16.7 Å². The lowest BCUT2D eigenvalue weighted by Crippen LogP contribution is -2.11. The Morgan fingerprint density at radius 1 is 1.11 bits per heavy atom. The number of hydrazine groups is 1. The van der Waals surface area contributed by atoms with Gasteiger partial charge in [-0.05, 0) is 38.0 Å². The van der Waals surface area contributed by atoms with Crippen molar-refractivity contribution in [3.63, 3.8) is 0 Å². The van der Waals surface area contributed by atoms with E-state index in [2.05, 4.69) is 52.8 Å². The molecular formula is C13H17N5. The molecular weight excluding hydrogens is 226 g/mol. The zero-order valence-corrected chi connectivity index (χ0v) is 10.8. The Morgan fingerprint density at radius 2 is 1.89 bits per heavy atom. The van der Waals surface area contributed by atoms with E-state index in [4.69, 9.17) is 5.84 Å². The van der Waals surface area contributed by atoms with Crippen molar-refractivity contribution in [1.29, 1.82) is 0 Å². The molecule has 2 aromatic rings. The fraction of sp³-hybridized carbons (Fsp3) is 0.231. The molecule has 0 unspecified atom stereocenters. The maximum absolute atomic E-state index is 5.31. The van der Waals surface area contributed by atoms with Gasteiger partial charge in [-0.2, -0.15) is 4.98 Å². The number of aromatic nitrogens is 2. The summed E-state index contributed by atoms with van der Waals surface area (Å²) in [5.74, 6) is 6.47. The van der Waals surface area contributed by atoms with Crippen LogP contribution >= 0.6 is 0 Å². The van der Waals surface area contributed by atoms with Gasteiger partial charge in [0.15, 0.2) is 0 Å². The highest BCUT2D eigenvalue weighted by atomic mass is 15.3. The van der Waals surface area contributed by atoms with Gasteiger partial charge in [-0.1, -0.05) is 12.1 Å². The zero-order valence-electron chi connectivity index (χ0n) is 10.8. The number of aryl methyl sites for hydroxylation is 3. The molecule has 4 N–H and O–H groups in total. The van der Waals surface area contributed by atoms with E-state index in [-0.39, 0.29) is 0 Å². The van der Waals surface area contributed by atoms with Crippen LogP contribution in [0.15, 0.2) is 24.4 Å². The van der Waals surface area contributed by atoms with Crippen molar-refractivity contribution in [2.45, 2.75) is 20.8 Å². The quantitative estimate of drug-likeness (QED) is 0.570.